The first-order chi connectivity index (χ1) is 10.5. The van der Waals surface area contributed by atoms with Crippen molar-refractivity contribution in [3.63, 3.8) is 0 Å². The molecule has 0 radical (unpaired) electrons. The van der Waals surface area contributed by atoms with Crippen LogP contribution in [0.5, 0.6) is 0 Å². The van der Waals surface area contributed by atoms with Crippen LogP contribution in [0.1, 0.15) is 20.3 Å². The van der Waals surface area contributed by atoms with Crippen LogP contribution in [0.4, 0.5) is 0 Å². The van der Waals surface area contributed by atoms with Gasteiger partial charge in [0.05, 0.1) is 12.7 Å². The lowest BCUT2D eigenvalue weighted by Gasteiger charge is -2.35. The van der Waals surface area contributed by atoms with E-state index in [1.165, 1.54) is 4.90 Å². The monoisotopic (exact) mass is 350 g/mol. The molecule has 1 saturated heterocycles. The van der Waals surface area contributed by atoms with Crippen molar-refractivity contribution in [1.82, 2.24) is 10.2 Å². The highest BCUT2D eigenvalue weighted by Crippen LogP contribution is 2.32. The first-order valence-corrected chi connectivity index (χ1v) is 9.64. The van der Waals surface area contributed by atoms with Gasteiger partial charge in [-0.1, -0.05) is 21.6 Å². The second-order valence-electron chi connectivity index (χ2n) is 5.16. The lowest BCUT2D eigenvalue weighted by molar-refractivity contribution is -0.144. The zero-order valence-electron chi connectivity index (χ0n) is 12.8. The molecule has 1 fully saturated rings. The Bertz CT molecular complexity index is 437. The van der Waals surface area contributed by atoms with Gasteiger partial charge < -0.3 is 29.9 Å². The van der Waals surface area contributed by atoms with Crippen LogP contribution in [-0.2, 0) is 14.3 Å². The molecular formula is C13H22N2O5S2. The van der Waals surface area contributed by atoms with Gasteiger partial charge in [-0.25, -0.2) is 0 Å². The molecule has 0 aromatic heterocycles. The molecule has 7 nitrogen and oxygen atoms in total. The van der Waals surface area contributed by atoms with E-state index in [-0.39, 0.29) is 24.1 Å². The fourth-order valence-corrected chi connectivity index (χ4v) is 3.90. The van der Waals surface area contributed by atoms with Gasteiger partial charge in [0.15, 0.2) is 0 Å². The third kappa shape index (κ3) is 4.09. The summed E-state index contributed by atoms with van der Waals surface area (Å²) in [7, 11) is 3.21. The molecular weight excluding hydrogens is 328 g/mol. The van der Waals surface area contributed by atoms with Crippen molar-refractivity contribution in [3.05, 3.63) is 11.8 Å². The maximum absolute atomic E-state index is 11.5. The SMILES string of the molecule is CSS[C@@H](C)OC1CC(N2C=C(C)C(=O)NC2O)OC1CO. The number of amides is 1. The van der Waals surface area contributed by atoms with Gasteiger partial charge in [-0.2, -0.15) is 0 Å². The number of aliphatic hydroxyl groups is 2. The molecule has 126 valence electrons. The molecule has 0 spiro atoms. The van der Waals surface area contributed by atoms with E-state index in [1.54, 1.807) is 34.7 Å². The zero-order chi connectivity index (χ0) is 16.3. The first-order valence-electron chi connectivity index (χ1n) is 7.02. The summed E-state index contributed by atoms with van der Waals surface area (Å²) in [5, 5.41) is 21.9. The Hall–Kier alpha value is -0.450. The summed E-state index contributed by atoms with van der Waals surface area (Å²) in [4.78, 5) is 13.0. The quantitative estimate of drug-likeness (QED) is 0.470. The van der Waals surface area contributed by atoms with E-state index in [2.05, 4.69) is 5.32 Å². The van der Waals surface area contributed by atoms with Gasteiger partial charge in [0.2, 0.25) is 6.35 Å². The smallest absolute Gasteiger partial charge is 0.251 e. The summed E-state index contributed by atoms with van der Waals surface area (Å²) >= 11 is 0. The van der Waals surface area contributed by atoms with Gasteiger partial charge in [0.25, 0.3) is 5.91 Å². The Kier molecular flexibility index (Phi) is 6.42. The van der Waals surface area contributed by atoms with Crippen molar-refractivity contribution >= 4 is 27.5 Å². The van der Waals surface area contributed by atoms with Crippen LogP contribution in [0.2, 0.25) is 0 Å². The van der Waals surface area contributed by atoms with Crippen molar-refractivity contribution in [2.24, 2.45) is 0 Å². The summed E-state index contributed by atoms with van der Waals surface area (Å²) < 4.78 is 11.7. The Morgan fingerprint density at radius 1 is 1.64 bits per heavy atom. The lowest BCUT2D eigenvalue weighted by Crippen LogP contribution is -2.53. The predicted octanol–water partition coefficient (Wildman–Crippen LogP) is 0.448. The Morgan fingerprint density at radius 3 is 3.00 bits per heavy atom. The summed E-state index contributed by atoms with van der Waals surface area (Å²) in [6, 6.07) is 0. The van der Waals surface area contributed by atoms with Crippen molar-refractivity contribution in [2.75, 3.05) is 12.9 Å². The minimum Gasteiger partial charge on any atom is -0.394 e. The maximum atomic E-state index is 11.5. The van der Waals surface area contributed by atoms with Crippen LogP contribution in [0.25, 0.3) is 0 Å². The first kappa shape index (κ1) is 17.9. The number of ether oxygens (including phenoxy) is 2. The minimum atomic E-state index is -1.14. The Morgan fingerprint density at radius 2 is 2.36 bits per heavy atom. The second kappa shape index (κ2) is 7.89. The van der Waals surface area contributed by atoms with Crippen molar-refractivity contribution < 1.29 is 24.5 Å². The molecule has 0 aromatic rings. The molecule has 22 heavy (non-hydrogen) atoms. The highest BCUT2D eigenvalue weighted by molar-refractivity contribution is 8.76. The highest BCUT2D eigenvalue weighted by Gasteiger charge is 2.41. The Balaban J connectivity index is 2.03. The molecule has 9 heteroatoms. The number of carbonyl (C=O) groups is 1. The van der Waals surface area contributed by atoms with Gasteiger partial charge in [-0.3, -0.25) is 4.79 Å². The molecule has 1 amide bonds. The molecule has 2 aliphatic rings. The largest absolute Gasteiger partial charge is 0.394 e. The predicted molar refractivity (Wildman–Crippen MR) is 85.6 cm³/mol. The van der Waals surface area contributed by atoms with Crippen LogP contribution in [0.15, 0.2) is 11.8 Å². The fourth-order valence-electron chi connectivity index (χ4n) is 2.49. The number of hydrogen-bond acceptors (Lipinski definition) is 8. The number of rotatable bonds is 6. The van der Waals surface area contributed by atoms with E-state index >= 15 is 0 Å². The molecule has 0 aliphatic carbocycles. The summed E-state index contributed by atoms with van der Waals surface area (Å²) in [6.45, 7) is 3.46. The standard InChI is InChI=1S/C13H22N2O5S2/c1-7-5-15(13(18)14-12(7)17)11-4-9(10(6-16)20-11)19-8(2)22-21-3/h5,8-11,13,16,18H,4,6H2,1-3H3,(H,14,17)/t8-,9?,10?,11?,13?/m0/s1. The van der Waals surface area contributed by atoms with Crippen LogP contribution < -0.4 is 5.32 Å². The fraction of sp³-hybridized carbons (Fsp3) is 0.769. The number of hydrogen-bond donors (Lipinski definition) is 3. The molecule has 0 saturated carbocycles. The lowest BCUT2D eigenvalue weighted by atomic mass is 10.1. The van der Waals surface area contributed by atoms with E-state index in [0.29, 0.717) is 12.0 Å². The third-order valence-corrected chi connectivity index (χ3v) is 5.50. The van der Waals surface area contributed by atoms with E-state index in [1.807, 2.05) is 13.2 Å². The topological polar surface area (TPSA) is 91.3 Å². The normalized spacial score (nSPS) is 33.6. The van der Waals surface area contributed by atoms with Crippen molar-refractivity contribution in [2.45, 2.75) is 50.5 Å². The highest BCUT2D eigenvalue weighted by atomic mass is 33.1. The van der Waals surface area contributed by atoms with Gasteiger partial charge in [0.1, 0.15) is 17.8 Å². The molecule has 2 rings (SSSR count). The molecule has 2 aliphatic heterocycles. The van der Waals surface area contributed by atoms with E-state index in [9.17, 15) is 15.0 Å². The number of nitrogens with one attached hydrogen (secondary N) is 1. The number of aliphatic hydroxyl groups excluding tert-OH is 2. The Labute approximate surface area is 137 Å². The van der Waals surface area contributed by atoms with Crippen LogP contribution in [0, 0.1) is 0 Å². The minimum absolute atomic E-state index is 0.0281. The maximum Gasteiger partial charge on any atom is 0.251 e. The number of carbonyl (C=O) groups excluding carboxylic acids is 1. The molecule has 0 aromatic carbocycles. The molecule has 3 N–H and O–H groups in total. The van der Waals surface area contributed by atoms with Gasteiger partial charge in [0, 0.05) is 18.2 Å². The summed E-state index contributed by atoms with van der Waals surface area (Å²) in [5.74, 6) is -0.307. The zero-order valence-corrected chi connectivity index (χ0v) is 14.4. The second-order valence-corrected chi connectivity index (χ2v) is 7.93. The van der Waals surface area contributed by atoms with Crippen LogP contribution >= 0.6 is 21.6 Å². The molecule has 0 bridgehead atoms. The third-order valence-electron chi connectivity index (χ3n) is 3.53. The van der Waals surface area contributed by atoms with Crippen molar-refractivity contribution in [3.8, 4) is 0 Å². The van der Waals surface area contributed by atoms with E-state index in [0.717, 1.165) is 0 Å². The van der Waals surface area contributed by atoms with Crippen LogP contribution in [-0.4, -0.2) is 64.1 Å². The molecule has 5 atom stereocenters. The average Bonchev–Trinajstić information content (AvgIpc) is 2.85. The van der Waals surface area contributed by atoms with E-state index < -0.39 is 18.7 Å². The number of nitrogens with zero attached hydrogens (tertiary/aromatic N) is 1. The molecule has 2 heterocycles. The van der Waals surface area contributed by atoms with Crippen LogP contribution in [0.3, 0.4) is 0 Å². The van der Waals surface area contributed by atoms with Gasteiger partial charge in [-0.15, -0.1) is 0 Å². The van der Waals surface area contributed by atoms with E-state index in [4.69, 9.17) is 9.47 Å². The summed E-state index contributed by atoms with van der Waals surface area (Å²) in [6.07, 6.45) is 1.74. The van der Waals surface area contributed by atoms with Gasteiger partial charge >= 0.3 is 0 Å². The molecule has 4 unspecified atom stereocenters. The van der Waals surface area contributed by atoms with Crippen molar-refractivity contribution in [1.29, 1.82) is 0 Å². The summed E-state index contributed by atoms with van der Waals surface area (Å²) in [5.41, 5.74) is 0.463. The average molecular weight is 350 g/mol. The van der Waals surface area contributed by atoms with Gasteiger partial charge in [-0.05, 0) is 20.1 Å².